The Balaban J connectivity index is 0.680. The number of nitrogens with one attached hydrogen (secondary N) is 3. The fraction of sp³-hybridized carbons (Fsp3) is 0.615. The third-order valence-electron chi connectivity index (χ3n) is 18.3. The Hall–Kier alpha value is -5.93. The van der Waals surface area contributed by atoms with Crippen molar-refractivity contribution in [1.29, 1.82) is 0 Å². The molecule has 0 saturated heterocycles. The third kappa shape index (κ3) is 17.3. The number of carbonyl (C=O) groups is 3. The van der Waals surface area contributed by atoms with Gasteiger partial charge in [-0.3, -0.25) is 19.1 Å². The zero-order valence-electron chi connectivity index (χ0n) is 49.1. The Morgan fingerprint density at radius 3 is 2.24 bits per heavy atom. The number of phenolic OH excluding ortho intramolecular Hbond substituents is 1. The highest BCUT2D eigenvalue weighted by Crippen LogP contribution is 2.67. The van der Waals surface area contributed by atoms with Crippen LogP contribution in [0.15, 0.2) is 78.2 Å². The molecule has 0 bridgehead atoms. The molecule has 3 aromatic rings. The van der Waals surface area contributed by atoms with Crippen molar-refractivity contribution in [1.82, 2.24) is 30.9 Å². The van der Waals surface area contributed by atoms with Crippen LogP contribution in [0.3, 0.4) is 0 Å². The van der Waals surface area contributed by atoms with Crippen LogP contribution >= 0.6 is 0 Å². The van der Waals surface area contributed by atoms with Gasteiger partial charge in [0.25, 0.3) is 0 Å². The lowest BCUT2D eigenvalue weighted by Gasteiger charge is -2.58. The Morgan fingerprint density at radius 2 is 1.49 bits per heavy atom. The molecule has 80 heavy (non-hydrogen) atoms. The highest BCUT2D eigenvalue weighted by Gasteiger charge is 2.59. The molecule has 0 radical (unpaired) electrons. The minimum Gasteiger partial charge on any atom is -0.508 e. The molecule has 8 atom stereocenters. The average molecular weight is 1100 g/mol. The van der Waals surface area contributed by atoms with E-state index < -0.39 is 5.78 Å². The molecule has 15 nitrogen and oxygen atoms in total. The van der Waals surface area contributed by atoms with Gasteiger partial charge in [-0.1, -0.05) is 108 Å². The second kappa shape index (κ2) is 30.2. The fourth-order valence-electron chi connectivity index (χ4n) is 13.9. The first-order valence-corrected chi connectivity index (χ1v) is 30.0. The van der Waals surface area contributed by atoms with Crippen LogP contribution in [-0.2, 0) is 32.3 Å². The van der Waals surface area contributed by atoms with Gasteiger partial charge in [-0.15, -0.1) is 5.10 Å². The van der Waals surface area contributed by atoms with Crippen LogP contribution in [0, 0.1) is 46.3 Å². The van der Waals surface area contributed by atoms with E-state index in [2.05, 4.69) is 67.0 Å². The van der Waals surface area contributed by atoms with Gasteiger partial charge in [-0.2, -0.15) is 0 Å². The molecule has 2 aromatic carbocycles. The van der Waals surface area contributed by atoms with Gasteiger partial charge < -0.3 is 45.1 Å². The van der Waals surface area contributed by atoms with Crippen LogP contribution < -0.4 is 30.2 Å². The highest BCUT2D eigenvalue weighted by atomic mass is 16.5. The number of rotatable bonds is 32. The maximum atomic E-state index is 12.4. The molecule has 0 spiro atoms. The van der Waals surface area contributed by atoms with Crippen LogP contribution in [0.1, 0.15) is 161 Å². The van der Waals surface area contributed by atoms with Gasteiger partial charge in [-0.25, -0.2) is 0 Å². The van der Waals surface area contributed by atoms with E-state index in [1.165, 1.54) is 103 Å². The van der Waals surface area contributed by atoms with E-state index in [-0.39, 0.29) is 43.1 Å². The van der Waals surface area contributed by atoms with E-state index in [9.17, 15) is 24.6 Å². The van der Waals surface area contributed by atoms with Crippen LogP contribution in [0.2, 0.25) is 0 Å². The number of carbonyl (C=O) groups excluding carboxylic acids is 3. The van der Waals surface area contributed by atoms with Crippen molar-refractivity contribution in [2.24, 2.45) is 46.3 Å². The summed E-state index contributed by atoms with van der Waals surface area (Å²) in [7, 11) is 2.98. The number of ketones is 1. The summed E-state index contributed by atoms with van der Waals surface area (Å²) in [5.74, 6) is 5.42. The molecule has 7 rings (SSSR count). The lowest BCUT2D eigenvalue weighted by molar-refractivity contribution is -0.131. The van der Waals surface area contributed by atoms with E-state index in [1.54, 1.807) is 52.7 Å². The Morgan fingerprint density at radius 1 is 0.787 bits per heavy atom. The number of unbranched alkanes of at least 4 members (excludes halogenated alkanes) is 4. The number of aryl methyl sites for hydroxylation is 1. The zero-order chi connectivity index (χ0) is 57.1. The van der Waals surface area contributed by atoms with Gasteiger partial charge in [0.2, 0.25) is 11.8 Å². The first-order valence-electron chi connectivity index (χ1n) is 30.0. The Labute approximate surface area is 476 Å². The van der Waals surface area contributed by atoms with Crippen molar-refractivity contribution < 1.29 is 43.5 Å². The normalized spacial score (nSPS) is 24.0. The molecule has 0 aliphatic heterocycles. The maximum Gasteiger partial charge on any atom is 0.246 e. The van der Waals surface area contributed by atoms with Gasteiger partial charge in [0.05, 0.1) is 20.4 Å². The van der Waals surface area contributed by atoms with Crippen LogP contribution in [0.4, 0.5) is 0 Å². The quantitative estimate of drug-likeness (QED) is 0.0131. The maximum absolute atomic E-state index is 12.4. The number of benzene rings is 2. The van der Waals surface area contributed by atoms with Crippen LogP contribution in [-0.4, -0.2) is 95.9 Å². The summed E-state index contributed by atoms with van der Waals surface area (Å²) in [6.45, 7) is 15.4. The lowest BCUT2D eigenvalue weighted by atomic mass is 9.47. The minimum absolute atomic E-state index is 0.00104. The smallest absolute Gasteiger partial charge is 0.246 e. The molecule has 2 amide bonds. The second-order valence-electron chi connectivity index (χ2n) is 24.2. The van der Waals surface area contributed by atoms with E-state index in [0.29, 0.717) is 70.6 Å². The summed E-state index contributed by atoms with van der Waals surface area (Å²) >= 11 is 0. The van der Waals surface area contributed by atoms with Gasteiger partial charge in [0.1, 0.15) is 31.3 Å². The van der Waals surface area contributed by atoms with Crippen molar-refractivity contribution in [3.63, 3.8) is 0 Å². The summed E-state index contributed by atoms with van der Waals surface area (Å²) in [4.78, 5) is 37.1. The van der Waals surface area contributed by atoms with Crippen LogP contribution in [0.5, 0.6) is 23.0 Å². The van der Waals surface area contributed by atoms with Crippen molar-refractivity contribution >= 4 is 29.7 Å². The predicted octanol–water partition coefficient (Wildman–Crippen LogP) is 11.9. The van der Waals surface area contributed by atoms with Gasteiger partial charge in [0.15, 0.2) is 28.8 Å². The Kier molecular flexibility index (Phi) is 23.3. The topological polar surface area (TPSA) is 195 Å². The number of methoxy groups -OCH3 is 2. The van der Waals surface area contributed by atoms with E-state index in [0.717, 1.165) is 86.7 Å². The molecule has 3 fully saturated rings. The minimum atomic E-state index is -0.419. The number of aliphatic hydroxyl groups excluding tert-OH is 1. The fourth-order valence-corrected chi connectivity index (χ4v) is 13.9. The number of amides is 2. The van der Waals surface area contributed by atoms with Crippen LogP contribution in [0.25, 0.3) is 12.2 Å². The molecule has 15 heteroatoms. The predicted molar refractivity (Wildman–Crippen MR) is 315 cm³/mol. The summed E-state index contributed by atoms with van der Waals surface area (Å²) < 4.78 is 23.8. The second-order valence-corrected chi connectivity index (χ2v) is 24.2. The van der Waals surface area contributed by atoms with Gasteiger partial charge >= 0.3 is 0 Å². The molecule has 0 unspecified atom stereocenters. The molecular weight excluding hydrogens is 1010 g/mol. The average Bonchev–Trinajstić information content (AvgIpc) is 4.24. The number of phenols is 1. The SMILES string of the molecule is COc1cc(/C=C/C(=O)/C=C(O)/C=C/c2ccc(OCc3cn(CCCCCCNC(=O)COCC(=O)NCCCCN[C@H]4CC[C@@]5(C)C(=CC[C@H]6[C@@H]7CC[C@H]([C@H](C)CCCC(C)C)[C@@]7(C)CC[C@@H]65)C4)nn3)c(OC)c2)ccc1O. The first-order chi connectivity index (χ1) is 38.6. The monoisotopic (exact) mass is 1100 g/mol. The van der Waals surface area contributed by atoms with Crippen molar-refractivity contribution in [3.8, 4) is 23.0 Å². The van der Waals surface area contributed by atoms with Crippen molar-refractivity contribution in [3.05, 3.63) is 95.1 Å². The highest BCUT2D eigenvalue weighted by molar-refractivity contribution is 6.02. The number of allylic oxidation sites excluding steroid dienone is 4. The Bertz CT molecular complexity index is 2620. The first kappa shape index (κ1) is 61.7. The number of fused-ring (bicyclic) bond motifs is 5. The molecule has 4 aliphatic rings. The van der Waals surface area contributed by atoms with Gasteiger partial charge in [0, 0.05) is 31.8 Å². The van der Waals surface area contributed by atoms with Crippen molar-refractivity contribution in [2.45, 2.75) is 163 Å². The number of aliphatic hydroxyl groups is 1. The molecule has 5 N–H and O–H groups in total. The number of ether oxygens (including phenoxy) is 4. The summed E-state index contributed by atoms with van der Waals surface area (Å²) in [5.41, 5.74) is 4.68. The molecule has 4 aliphatic carbocycles. The lowest BCUT2D eigenvalue weighted by Crippen LogP contribution is -2.51. The summed E-state index contributed by atoms with van der Waals surface area (Å²) in [6, 6.07) is 10.6. The van der Waals surface area contributed by atoms with Gasteiger partial charge in [-0.05, 0) is 177 Å². The number of hydrogen-bond donors (Lipinski definition) is 5. The van der Waals surface area contributed by atoms with Crippen molar-refractivity contribution in [2.75, 3.05) is 47.1 Å². The number of aromatic nitrogens is 3. The largest absolute Gasteiger partial charge is 0.508 e. The third-order valence-corrected chi connectivity index (χ3v) is 18.3. The molecular formula is C65H94N6O9. The zero-order valence-corrected chi connectivity index (χ0v) is 49.1. The summed E-state index contributed by atoms with van der Waals surface area (Å²) in [5, 5.41) is 38.3. The molecule has 1 aromatic heterocycles. The number of nitrogens with zero attached hydrogens (tertiary/aromatic N) is 3. The molecule has 1 heterocycles. The van der Waals surface area contributed by atoms with E-state index in [4.69, 9.17) is 18.9 Å². The summed E-state index contributed by atoms with van der Waals surface area (Å²) in [6.07, 6.45) is 32.1. The standard InChI is InChI=1S/C65H94N6O9/c1-45(2)15-14-16-46(3)55-25-26-56-54-24-21-49-39-50(29-31-64(49,4)57(54)30-32-65(55,56)5)66-33-11-12-35-68-63(76)44-79-43-62(75)67-34-10-8-9-13-36-71-41-51(69-70-71)42-80-59-28-20-48(38-61(59)78-7)18-23-53(73)40-52(72)22-17-47-19-27-58(74)60(37-47)77-6/h17-23,27-28,37-38,40-41,45-46,50,54-57,66,73-74H,8-16,24-26,29-36,39,42-44H2,1-7H3,(H,67,75)(H,68,76)/b22-17+,23-18+,53-40-/t46-,50+,54+,55-,56+,57+,64+,65-/m1/s1. The number of hydrogen-bond acceptors (Lipinski definition) is 12. The van der Waals surface area contributed by atoms with E-state index >= 15 is 0 Å². The van der Waals surface area contributed by atoms with E-state index in [1.807, 2.05) is 6.20 Å². The molecule has 3 saturated carbocycles. The number of aromatic hydroxyl groups is 1. The molecule has 438 valence electrons.